The van der Waals surface area contributed by atoms with Crippen LogP contribution in [-0.2, 0) is 4.65 Å². The fourth-order valence-corrected chi connectivity index (χ4v) is 4.46. The van der Waals surface area contributed by atoms with E-state index in [1.54, 1.807) is 0 Å². The molecule has 22 heavy (non-hydrogen) atoms. The molecule has 2 bridgehead atoms. The third-order valence-electron chi connectivity index (χ3n) is 6.20. The van der Waals surface area contributed by atoms with Gasteiger partial charge in [-0.15, -0.1) is 0 Å². The molecule has 0 aliphatic heterocycles. The summed E-state index contributed by atoms with van der Waals surface area (Å²) in [5.74, 6) is 0.168. The van der Waals surface area contributed by atoms with E-state index in [-0.39, 0.29) is 11.3 Å². The molecule has 0 unspecified atom stereocenters. The van der Waals surface area contributed by atoms with Gasteiger partial charge in [-0.05, 0) is 42.6 Å². The highest BCUT2D eigenvalue weighted by atomic mass is 16.5. The molecule has 3 fully saturated rings. The van der Waals surface area contributed by atoms with Crippen LogP contribution in [0.25, 0.3) is 0 Å². The molecule has 1 aromatic rings. The van der Waals surface area contributed by atoms with Gasteiger partial charge in [0.2, 0.25) is 0 Å². The van der Waals surface area contributed by atoms with Crippen molar-refractivity contribution in [3.8, 4) is 0 Å². The fourth-order valence-electron chi connectivity index (χ4n) is 4.46. The van der Waals surface area contributed by atoms with E-state index >= 15 is 0 Å². The van der Waals surface area contributed by atoms with Gasteiger partial charge in [-0.25, -0.2) is 0 Å². The van der Waals surface area contributed by atoms with Crippen LogP contribution in [0.2, 0.25) is 0 Å². The summed E-state index contributed by atoms with van der Waals surface area (Å²) in [6.45, 7) is 6.37. The fraction of sp³-hybridized carbons (Fsp3) is 0.647. The van der Waals surface area contributed by atoms with Crippen molar-refractivity contribution in [2.45, 2.75) is 51.3 Å². The van der Waals surface area contributed by atoms with E-state index in [2.05, 4.69) is 13.8 Å². The summed E-state index contributed by atoms with van der Waals surface area (Å²) in [4.78, 5) is 0. The first-order valence-corrected chi connectivity index (χ1v) is 8.11. The summed E-state index contributed by atoms with van der Waals surface area (Å²) in [6, 6.07) is 9.44. The molecule has 4 N–H and O–H groups in total. The monoisotopic (exact) mass is 303 g/mol. The van der Waals surface area contributed by atoms with Gasteiger partial charge in [0.1, 0.15) is 0 Å². The van der Waals surface area contributed by atoms with Crippen LogP contribution in [0.1, 0.15) is 45.1 Å². The molecule has 3 aliphatic carbocycles. The van der Waals surface area contributed by atoms with Crippen molar-refractivity contribution in [1.82, 2.24) is 0 Å². The number of rotatable bonds is 4. The second kappa shape index (κ2) is 5.34. The largest absolute Gasteiger partial charge is 0.477 e. The van der Waals surface area contributed by atoms with Gasteiger partial charge in [0.15, 0.2) is 0 Å². The Balaban J connectivity index is 1.76. The maximum Gasteiger partial charge on any atom is 0.477 e. The van der Waals surface area contributed by atoms with Crippen molar-refractivity contribution in [2.24, 2.45) is 23.0 Å². The minimum absolute atomic E-state index is 0.143. The van der Waals surface area contributed by atoms with Crippen molar-refractivity contribution < 1.29 is 14.8 Å². The van der Waals surface area contributed by atoms with Gasteiger partial charge in [0.05, 0.1) is 17.6 Å². The smallest absolute Gasteiger partial charge is 0.426 e. The number of benzene rings is 1. The van der Waals surface area contributed by atoms with Gasteiger partial charge < -0.3 is 20.5 Å². The first-order valence-electron chi connectivity index (χ1n) is 8.11. The quantitative estimate of drug-likeness (QED) is 0.743. The van der Waals surface area contributed by atoms with Crippen molar-refractivity contribution in [3.05, 3.63) is 35.9 Å². The minimum atomic E-state index is -1.13. The average molecular weight is 303 g/mol. The molecule has 1 aromatic carbocycles. The van der Waals surface area contributed by atoms with Crippen LogP contribution in [0, 0.1) is 17.3 Å². The van der Waals surface area contributed by atoms with E-state index in [0.717, 1.165) is 18.4 Å². The van der Waals surface area contributed by atoms with Gasteiger partial charge in [0, 0.05) is 0 Å². The van der Waals surface area contributed by atoms with E-state index in [9.17, 15) is 10.1 Å². The molecule has 5 heteroatoms. The minimum Gasteiger partial charge on any atom is -0.426 e. The van der Waals surface area contributed by atoms with E-state index in [1.807, 2.05) is 37.3 Å². The van der Waals surface area contributed by atoms with Crippen LogP contribution in [0.4, 0.5) is 0 Å². The molecule has 5 atom stereocenters. The molecule has 0 saturated heterocycles. The van der Waals surface area contributed by atoms with Crippen molar-refractivity contribution in [3.63, 3.8) is 0 Å². The van der Waals surface area contributed by atoms with E-state index in [0.29, 0.717) is 5.92 Å². The normalized spacial score (nSPS) is 37.3. The molecular weight excluding hydrogens is 277 g/mol. The molecule has 0 spiro atoms. The lowest BCUT2D eigenvalue weighted by molar-refractivity contribution is -0.239. The summed E-state index contributed by atoms with van der Waals surface area (Å²) in [5, 5.41) is 20.9. The van der Waals surface area contributed by atoms with Gasteiger partial charge in [-0.3, -0.25) is 0 Å². The van der Waals surface area contributed by atoms with E-state index < -0.39 is 24.8 Å². The second-order valence-electron chi connectivity index (χ2n) is 7.69. The zero-order valence-electron chi connectivity index (χ0n) is 13.6. The lowest BCUT2D eigenvalue weighted by Gasteiger charge is -2.66. The number of aliphatic hydroxyl groups excluding tert-OH is 1. The lowest BCUT2D eigenvalue weighted by atomic mass is 9.43. The SMILES string of the molecule is CC1(C)[C@@H]2C[C@H]1[C@@](C)(OB(O)[C@H](N)c1ccccc1)[C@@H](O)C2. The van der Waals surface area contributed by atoms with Crippen molar-refractivity contribution in [1.29, 1.82) is 0 Å². The van der Waals surface area contributed by atoms with Crippen molar-refractivity contribution in [2.75, 3.05) is 0 Å². The maximum absolute atomic E-state index is 10.5. The highest BCUT2D eigenvalue weighted by molar-refractivity contribution is 6.44. The zero-order chi connectivity index (χ0) is 16.1. The summed E-state index contributed by atoms with van der Waals surface area (Å²) in [6.07, 6.45) is 1.23. The molecule has 4 nitrogen and oxygen atoms in total. The van der Waals surface area contributed by atoms with Crippen LogP contribution in [0.15, 0.2) is 30.3 Å². The zero-order valence-corrected chi connectivity index (χ0v) is 13.6. The molecule has 0 radical (unpaired) electrons. The first kappa shape index (κ1) is 16.0. The van der Waals surface area contributed by atoms with Crippen LogP contribution in [0.3, 0.4) is 0 Å². The summed E-state index contributed by atoms with van der Waals surface area (Å²) in [5.41, 5.74) is 6.36. The molecule has 3 saturated carbocycles. The number of hydrogen-bond donors (Lipinski definition) is 3. The Morgan fingerprint density at radius 1 is 1.23 bits per heavy atom. The molecule has 120 valence electrons. The number of fused-ring (bicyclic) bond motifs is 2. The van der Waals surface area contributed by atoms with Crippen LogP contribution >= 0.6 is 0 Å². The first-order chi connectivity index (χ1) is 10.3. The van der Waals surface area contributed by atoms with Gasteiger partial charge in [-0.2, -0.15) is 0 Å². The number of nitrogens with two attached hydrogens (primary N) is 1. The molecule has 0 heterocycles. The number of hydrogen-bond acceptors (Lipinski definition) is 4. The van der Waals surface area contributed by atoms with Gasteiger partial charge >= 0.3 is 7.12 Å². The molecular formula is C17H26BNO3. The number of aliphatic hydroxyl groups is 1. The standard InChI is InChI=1S/C17H26BNO3/c1-16(2)12-9-13(16)17(3,14(20)10-12)22-18(21)15(19)11-7-5-4-6-8-11/h4-8,12-15,20-21H,9-10,19H2,1-3H3/t12-,13-,14+,15-,17-/m1/s1. The molecule has 4 rings (SSSR count). The predicted molar refractivity (Wildman–Crippen MR) is 86.8 cm³/mol. The third-order valence-corrected chi connectivity index (χ3v) is 6.20. The highest BCUT2D eigenvalue weighted by Crippen LogP contribution is 2.63. The van der Waals surface area contributed by atoms with Crippen LogP contribution < -0.4 is 5.73 Å². The van der Waals surface area contributed by atoms with E-state index in [4.69, 9.17) is 10.4 Å². The predicted octanol–water partition coefficient (Wildman–Crippen LogP) is 1.91. The van der Waals surface area contributed by atoms with Crippen LogP contribution in [-0.4, -0.2) is 29.0 Å². The summed E-state index contributed by atoms with van der Waals surface area (Å²) >= 11 is 0. The van der Waals surface area contributed by atoms with Crippen LogP contribution in [0.5, 0.6) is 0 Å². The highest BCUT2D eigenvalue weighted by Gasteiger charge is 2.64. The van der Waals surface area contributed by atoms with E-state index in [1.165, 1.54) is 0 Å². The third kappa shape index (κ3) is 2.31. The Bertz CT molecular complexity index is 538. The van der Waals surface area contributed by atoms with Gasteiger partial charge in [-0.1, -0.05) is 44.2 Å². The summed E-state index contributed by atoms with van der Waals surface area (Å²) < 4.78 is 5.97. The topological polar surface area (TPSA) is 75.7 Å². The Hall–Kier alpha value is -0.875. The van der Waals surface area contributed by atoms with Crippen molar-refractivity contribution >= 4 is 7.12 Å². The second-order valence-corrected chi connectivity index (χ2v) is 7.69. The Morgan fingerprint density at radius 2 is 1.86 bits per heavy atom. The lowest BCUT2D eigenvalue weighted by Crippen LogP contribution is -2.68. The maximum atomic E-state index is 10.5. The molecule has 0 aromatic heterocycles. The molecule has 0 amide bonds. The Morgan fingerprint density at radius 3 is 2.45 bits per heavy atom. The summed E-state index contributed by atoms with van der Waals surface area (Å²) in [7, 11) is -1.13. The Kier molecular flexibility index (Phi) is 3.88. The molecule has 3 aliphatic rings. The Labute approximate surface area is 132 Å². The average Bonchev–Trinajstić information content (AvgIpc) is 2.49. The van der Waals surface area contributed by atoms with Gasteiger partial charge in [0.25, 0.3) is 0 Å².